The molecule has 2 aliphatic heterocycles. The molecule has 0 bridgehead atoms. The van der Waals surface area contributed by atoms with Crippen LogP contribution in [0.2, 0.25) is 5.02 Å². The molecule has 1 amide bonds. The van der Waals surface area contributed by atoms with Gasteiger partial charge in [0.15, 0.2) is 11.7 Å². The number of ketones is 1. The van der Waals surface area contributed by atoms with E-state index in [1.807, 2.05) is 9.80 Å². The molecule has 0 spiro atoms. The fourth-order valence-corrected chi connectivity index (χ4v) is 4.48. The number of Topliss-reactive ketones (excluding diaryl/α,β-unsaturated/α-hetero) is 1. The molecular weight excluding hydrogens is 430 g/mol. The van der Waals surface area contributed by atoms with Crippen molar-refractivity contribution in [1.29, 1.82) is 5.26 Å². The van der Waals surface area contributed by atoms with E-state index in [2.05, 4.69) is 16.0 Å². The Hall–Kier alpha value is -2.89. The number of benzene rings is 1. The Morgan fingerprint density at radius 3 is 2.41 bits per heavy atom. The summed E-state index contributed by atoms with van der Waals surface area (Å²) in [7, 11) is 0. The zero-order valence-electron chi connectivity index (χ0n) is 18.1. The van der Waals surface area contributed by atoms with E-state index >= 15 is 0 Å². The molecular formula is C23H26ClN5O3. The number of carbonyl (C=O) groups is 2. The van der Waals surface area contributed by atoms with Gasteiger partial charge in [-0.05, 0) is 50.2 Å². The third kappa shape index (κ3) is 4.95. The van der Waals surface area contributed by atoms with Crippen LogP contribution in [0, 0.1) is 24.2 Å². The summed E-state index contributed by atoms with van der Waals surface area (Å²) >= 11 is 5.91. The Morgan fingerprint density at radius 1 is 1.12 bits per heavy atom. The van der Waals surface area contributed by atoms with Crippen molar-refractivity contribution >= 4 is 29.2 Å². The van der Waals surface area contributed by atoms with E-state index in [9.17, 15) is 14.9 Å². The number of nitrogens with zero attached hydrogens (tertiary/aromatic N) is 5. The van der Waals surface area contributed by atoms with Crippen LogP contribution in [-0.2, 0) is 4.79 Å². The number of likely N-dealkylation sites (tertiary alicyclic amines) is 1. The first-order valence-electron chi connectivity index (χ1n) is 10.9. The summed E-state index contributed by atoms with van der Waals surface area (Å²) in [6, 6.07) is 9.10. The van der Waals surface area contributed by atoms with Crippen LogP contribution in [0.25, 0.3) is 0 Å². The molecule has 1 aromatic heterocycles. The van der Waals surface area contributed by atoms with Gasteiger partial charge >= 0.3 is 0 Å². The van der Waals surface area contributed by atoms with Crippen LogP contribution in [0.5, 0.6) is 0 Å². The highest BCUT2D eigenvalue weighted by Crippen LogP contribution is 2.24. The van der Waals surface area contributed by atoms with E-state index in [-0.39, 0.29) is 17.6 Å². The summed E-state index contributed by atoms with van der Waals surface area (Å²) in [6.07, 6.45) is 1.51. The van der Waals surface area contributed by atoms with Gasteiger partial charge in [0.2, 0.25) is 17.5 Å². The average molecular weight is 456 g/mol. The first-order valence-corrected chi connectivity index (χ1v) is 11.2. The third-order valence-electron chi connectivity index (χ3n) is 6.19. The van der Waals surface area contributed by atoms with E-state index in [1.165, 1.54) is 0 Å². The molecule has 0 N–H and O–H groups in total. The van der Waals surface area contributed by atoms with Crippen molar-refractivity contribution in [1.82, 2.24) is 14.8 Å². The van der Waals surface area contributed by atoms with Crippen molar-refractivity contribution in [2.45, 2.75) is 19.8 Å². The molecule has 2 fully saturated rings. The minimum atomic E-state index is -0.00855. The number of hydrogen-bond donors (Lipinski definition) is 0. The monoisotopic (exact) mass is 455 g/mol. The molecule has 0 saturated carbocycles. The molecule has 0 aliphatic carbocycles. The number of oxazole rings is 1. The fourth-order valence-electron chi connectivity index (χ4n) is 4.36. The third-order valence-corrected chi connectivity index (χ3v) is 6.44. The van der Waals surface area contributed by atoms with Gasteiger partial charge < -0.3 is 14.2 Å². The highest BCUT2D eigenvalue weighted by Gasteiger charge is 2.29. The molecule has 8 nitrogen and oxygen atoms in total. The summed E-state index contributed by atoms with van der Waals surface area (Å²) in [5.41, 5.74) is 0.988. The van der Waals surface area contributed by atoms with E-state index in [0.29, 0.717) is 60.8 Å². The fraction of sp³-hybridized carbons (Fsp3) is 0.478. The summed E-state index contributed by atoms with van der Waals surface area (Å²) in [5, 5.41) is 9.84. The maximum Gasteiger partial charge on any atom is 0.236 e. The van der Waals surface area contributed by atoms with Crippen molar-refractivity contribution in [3.63, 3.8) is 0 Å². The van der Waals surface area contributed by atoms with E-state index in [1.54, 1.807) is 31.2 Å². The van der Waals surface area contributed by atoms with Gasteiger partial charge in [0.05, 0.1) is 6.54 Å². The van der Waals surface area contributed by atoms with Crippen molar-refractivity contribution in [3.8, 4) is 6.07 Å². The largest absolute Gasteiger partial charge is 0.424 e. The summed E-state index contributed by atoms with van der Waals surface area (Å²) in [6.45, 7) is 5.92. The van der Waals surface area contributed by atoms with Crippen LogP contribution < -0.4 is 4.90 Å². The van der Waals surface area contributed by atoms with Crippen LogP contribution in [0.1, 0.15) is 34.8 Å². The predicted octanol–water partition coefficient (Wildman–Crippen LogP) is 2.75. The lowest BCUT2D eigenvalue weighted by molar-refractivity contribution is -0.133. The Labute approximate surface area is 192 Å². The number of amides is 1. The number of piperazine rings is 1. The lowest BCUT2D eigenvalue weighted by atomic mass is 9.89. The number of carbonyl (C=O) groups excluding carboxylic acids is 2. The standard InChI is InChI=1S/C23H26ClN5O3/c1-16-26-20(14-25)23(32-16)29-12-10-28(11-13-29)21(30)15-27-8-6-18(7-9-27)22(31)17-2-4-19(24)5-3-17/h2-5,18H,6-13,15H2,1H3. The maximum absolute atomic E-state index is 12.8. The van der Waals surface area contributed by atoms with E-state index < -0.39 is 0 Å². The molecule has 168 valence electrons. The van der Waals surface area contributed by atoms with Crippen LogP contribution in [-0.4, -0.2) is 72.3 Å². The van der Waals surface area contributed by atoms with E-state index in [4.69, 9.17) is 16.0 Å². The lowest BCUT2D eigenvalue weighted by Gasteiger charge is -2.37. The molecule has 2 saturated heterocycles. The molecule has 0 unspecified atom stereocenters. The second-order valence-corrected chi connectivity index (χ2v) is 8.72. The number of nitriles is 1. The summed E-state index contributed by atoms with van der Waals surface area (Å²) < 4.78 is 5.58. The molecule has 2 aromatic rings. The average Bonchev–Trinajstić information content (AvgIpc) is 3.20. The maximum atomic E-state index is 12.8. The van der Waals surface area contributed by atoms with Crippen LogP contribution in [0.3, 0.4) is 0 Å². The Bertz CT molecular complexity index is 1010. The molecule has 3 heterocycles. The molecule has 9 heteroatoms. The Morgan fingerprint density at radius 2 is 1.78 bits per heavy atom. The van der Waals surface area contributed by atoms with Gasteiger partial charge in [0.1, 0.15) is 6.07 Å². The van der Waals surface area contributed by atoms with Gasteiger partial charge in [-0.3, -0.25) is 14.5 Å². The minimum absolute atomic E-state index is 0.00855. The zero-order valence-corrected chi connectivity index (χ0v) is 18.8. The SMILES string of the molecule is Cc1nc(C#N)c(N2CCN(C(=O)CN3CCC(C(=O)c4ccc(Cl)cc4)CC3)CC2)o1. The molecule has 0 atom stereocenters. The molecule has 2 aliphatic rings. The number of aromatic nitrogens is 1. The van der Waals surface area contributed by atoms with Gasteiger partial charge in [0.25, 0.3) is 0 Å². The van der Waals surface area contributed by atoms with Gasteiger partial charge in [-0.15, -0.1) is 0 Å². The van der Waals surface area contributed by atoms with Crippen molar-refractivity contribution in [2.24, 2.45) is 5.92 Å². The van der Waals surface area contributed by atoms with E-state index in [0.717, 1.165) is 25.9 Å². The highest BCUT2D eigenvalue weighted by atomic mass is 35.5. The van der Waals surface area contributed by atoms with Crippen molar-refractivity contribution in [3.05, 3.63) is 46.4 Å². The van der Waals surface area contributed by atoms with Crippen LogP contribution in [0.15, 0.2) is 28.7 Å². The second kappa shape index (κ2) is 9.72. The molecule has 1 aromatic carbocycles. The quantitative estimate of drug-likeness (QED) is 0.640. The first kappa shape index (κ1) is 22.3. The van der Waals surface area contributed by atoms with Crippen molar-refractivity contribution < 1.29 is 14.0 Å². The molecule has 32 heavy (non-hydrogen) atoms. The number of anilines is 1. The number of hydrogen-bond acceptors (Lipinski definition) is 7. The number of rotatable bonds is 5. The zero-order chi connectivity index (χ0) is 22.7. The summed E-state index contributed by atoms with van der Waals surface area (Å²) in [4.78, 5) is 35.6. The van der Waals surface area contributed by atoms with Crippen molar-refractivity contribution in [2.75, 3.05) is 50.7 Å². The minimum Gasteiger partial charge on any atom is -0.424 e. The highest BCUT2D eigenvalue weighted by molar-refractivity contribution is 6.30. The van der Waals surface area contributed by atoms with Gasteiger partial charge in [-0.1, -0.05) is 11.6 Å². The Kier molecular flexibility index (Phi) is 6.77. The molecule has 0 radical (unpaired) electrons. The first-order chi connectivity index (χ1) is 15.4. The predicted molar refractivity (Wildman–Crippen MR) is 120 cm³/mol. The van der Waals surface area contributed by atoms with Gasteiger partial charge in [-0.25, -0.2) is 4.98 Å². The van der Waals surface area contributed by atoms with Gasteiger partial charge in [0, 0.05) is 49.6 Å². The van der Waals surface area contributed by atoms with Crippen LogP contribution >= 0.6 is 11.6 Å². The number of piperidine rings is 1. The number of aryl methyl sites for hydroxylation is 1. The van der Waals surface area contributed by atoms with Gasteiger partial charge in [-0.2, -0.15) is 5.26 Å². The molecule has 4 rings (SSSR count). The Balaban J connectivity index is 1.24. The smallest absolute Gasteiger partial charge is 0.236 e. The van der Waals surface area contributed by atoms with Crippen LogP contribution in [0.4, 0.5) is 5.88 Å². The lowest BCUT2D eigenvalue weighted by Crippen LogP contribution is -2.52. The normalized spacial score (nSPS) is 17.9. The second-order valence-electron chi connectivity index (χ2n) is 8.29. The summed E-state index contributed by atoms with van der Waals surface area (Å²) in [5.74, 6) is 1.20. The number of halogens is 1. The topological polar surface area (TPSA) is 93.7 Å².